The Bertz CT molecular complexity index is 920. The first-order valence-corrected chi connectivity index (χ1v) is 11.1. The number of para-hydroxylation sites is 2. The van der Waals surface area contributed by atoms with Crippen LogP contribution in [0.1, 0.15) is 24.5 Å². The van der Waals surface area contributed by atoms with Gasteiger partial charge in [0, 0.05) is 45.7 Å². The van der Waals surface area contributed by atoms with Crippen molar-refractivity contribution in [2.45, 2.75) is 26.8 Å². The zero-order valence-corrected chi connectivity index (χ0v) is 18.4. The summed E-state index contributed by atoms with van der Waals surface area (Å²) in [6.07, 6.45) is 0.318. The van der Waals surface area contributed by atoms with Gasteiger partial charge in [0.25, 0.3) is 0 Å². The number of aryl methyl sites for hydroxylation is 1. The van der Waals surface area contributed by atoms with Gasteiger partial charge in [-0.1, -0.05) is 42.0 Å². The van der Waals surface area contributed by atoms with E-state index in [4.69, 9.17) is 4.74 Å². The Morgan fingerprint density at radius 3 is 2.45 bits per heavy atom. The molecule has 0 N–H and O–H groups in total. The molecule has 0 unspecified atom stereocenters. The summed E-state index contributed by atoms with van der Waals surface area (Å²) in [5, 5.41) is 0. The van der Waals surface area contributed by atoms with E-state index in [1.54, 1.807) is 0 Å². The number of nitrogens with zero attached hydrogens (tertiary/aromatic N) is 3. The van der Waals surface area contributed by atoms with Crippen LogP contribution in [0.5, 0.6) is 5.75 Å². The fourth-order valence-electron chi connectivity index (χ4n) is 4.43. The van der Waals surface area contributed by atoms with Crippen molar-refractivity contribution >= 4 is 17.5 Å². The van der Waals surface area contributed by atoms with Crippen molar-refractivity contribution < 1.29 is 14.3 Å². The summed E-state index contributed by atoms with van der Waals surface area (Å²) in [7, 11) is 0. The highest BCUT2D eigenvalue weighted by Crippen LogP contribution is 2.29. The van der Waals surface area contributed by atoms with E-state index >= 15 is 0 Å². The minimum Gasteiger partial charge on any atom is -0.492 e. The summed E-state index contributed by atoms with van der Waals surface area (Å²) in [5.74, 6) is 0.832. The van der Waals surface area contributed by atoms with Crippen molar-refractivity contribution in [1.82, 2.24) is 9.80 Å². The Hall–Kier alpha value is -3.02. The quantitative estimate of drug-likeness (QED) is 0.719. The van der Waals surface area contributed by atoms with Crippen LogP contribution in [0.4, 0.5) is 5.69 Å². The normalized spacial score (nSPS) is 19.1. The fraction of sp³-hybridized carbons (Fsp3) is 0.440. The fourth-order valence-corrected chi connectivity index (χ4v) is 4.43. The molecule has 6 heteroatoms. The van der Waals surface area contributed by atoms with Crippen molar-refractivity contribution in [2.75, 3.05) is 44.2 Å². The van der Waals surface area contributed by atoms with Crippen molar-refractivity contribution in [1.29, 1.82) is 0 Å². The molecule has 2 aromatic carbocycles. The maximum atomic E-state index is 13.1. The van der Waals surface area contributed by atoms with Gasteiger partial charge in [-0.05, 0) is 31.5 Å². The largest absolute Gasteiger partial charge is 0.492 e. The number of anilines is 1. The zero-order chi connectivity index (χ0) is 21.8. The molecule has 0 aliphatic carbocycles. The molecule has 2 amide bonds. The second-order valence-electron chi connectivity index (χ2n) is 8.37. The van der Waals surface area contributed by atoms with E-state index in [0.717, 1.165) is 30.1 Å². The predicted octanol–water partition coefficient (Wildman–Crippen LogP) is 3.09. The summed E-state index contributed by atoms with van der Waals surface area (Å²) in [5.41, 5.74) is 3.39. The minimum atomic E-state index is -0.236. The highest BCUT2D eigenvalue weighted by atomic mass is 16.5. The molecule has 31 heavy (non-hydrogen) atoms. The van der Waals surface area contributed by atoms with Crippen molar-refractivity contribution in [2.24, 2.45) is 5.92 Å². The van der Waals surface area contributed by atoms with Crippen LogP contribution in [0.25, 0.3) is 0 Å². The van der Waals surface area contributed by atoms with Crippen LogP contribution in [0.2, 0.25) is 0 Å². The molecule has 2 aromatic rings. The van der Waals surface area contributed by atoms with Gasteiger partial charge in [0.2, 0.25) is 11.8 Å². The molecule has 0 aromatic heterocycles. The van der Waals surface area contributed by atoms with Gasteiger partial charge in [0.05, 0.1) is 18.2 Å². The van der Waals surface area contributed by atoms with Crippen molar-refractivity contribution in [3.63, 3.8) is 0 Å². The molecular formula is C25H31N3O3. The molecule has 1 atom stereocenters. The van der Waals surface area contributed by atoms with Crippen LogP contribution in [0.3, 0.4) is 0 Å². The van der Waals surface area contributed by atoms with Crippen LogP contribution < -0.4 is 9.64 Å². The lowest BCUT2D eigenvalue weighted by molar-refractivity contribution is -0.136. The van der Waals surface area contributed by atoms with Gasteiger partial charge < -0.3 is 19.4 Å². The Balaban J connectivity index is 1.33. The molecule has 0 spiro atoms. The molecule has 2 aliphatic heterocycles. The zero-order valence-electron chi connectivity index (χ0n) is 18.4. The van der Waals surface area contributed by atoms with Gasteiger partial charge in [0.15, 0.2) is 0 Å². The standard InChI is InChI=1S/C25H31N3O3/c1-3-31-23-7-5-4-6-22(23)26-12-14-27(15-13-26)25(30)21-16-24(29)28(18-21)17-20-10-8-19(2)9-11-20/h4-11,21H,3,12-18H2,1-2H3/t21-/m1/s1. The summed E-state index contributed by atoms with van der Waals surface area (Å²) >= 11 is 0. The number of benzene rings is 2. The minimum absolute atomic E-state index is 0.0724. The number of likely N-dealkylation sites (tertiary alicyclic amines) is 1. The van der Waals surface area contributed by atoms with Gasteiger partial charge in [-0.25, -0.2) is 0 Å². The number of carbonyl (C=O) groups is 2. The van der Waals surface area contributed by atoms with Crippen molar-refractivity contribution in [3.8, 4) is 5.75 Å². The Labute approximate surface area is 184 Å². The third kappa shape index (κ3) is 4.84. The van der Waals surface area contributed by atoms with E-state index in [1.165, 1.54) is 5.56 Å². The summed E-state index contributed by atoms with van der Waals surface area (Å²) in [6, 6.07) is 16.3. The van der Waals surface area contributed by atoms with E-state index in [9.17, 15) is 9.59 Å². The molecule has 2 fully saturated rings. The lowest BCUT2D eigenvalue weighted by Crippen LogP contribution is -2.50. The molecular weight excluding hydrogens is 390 g/mol. The van der Waals surface area contributed by atoms with E-state index < -0.39 is 0 Å². The third-order valence-corrected chi connectivity index (χ3v) is 6.15. The van der Waals surface area contributed by atoms with Crippen LogP contribution >= 0.6 is 0 Å². The van der Waals surface area contributed by atoms with E-state index in [2.05, 4.69) is 42.2 Å². The van der Waals surface area contributed by atoms with E-state index in [0.29, 0.717) is 39.2 Å². The van der Waals surface area contributed by atoms with Gasteiger partial charge in [0.1, 0.15) is 5.75 Å². The Kier molecular flexibility index (Phi) is 6.44. The second kappa shape index (κ2) is 9.41. The first kappa shape index (κ1) is 21.2. The number of ether oxygens (including phenoxy) is 1. The molecule has 0 saturated carbocycles. The average Bonchev–Trinajstić information content (AvgIpc) is 3.16. The molecule has 6 nitrogen and oxygen atoms in total. The topological polar surface area (TPSA) is 53.1 Å². The molecule has 0 radical (unpaired) electrons. The molecule has 2 heterocycles. The maximum absolute atomic E-state index is 13.1. The molecule has 2 saturated heterocycles. The number of amides is 2. The van der Waals surface area contributed by atoms with Crippen molar-refractivity contribution in [3.05, 3.63) is 59.7 Å². The summed E-state index contributed by atoms with van der Waals surface area (Å²) < 4.78 is 5.76. The average molecular weight is 422 g/mol. The number of hydrogen-bond donors (Lipinski definition) is 0. The second-order valence-corrected chi connectivity index (χ2v) is 8.37. The van der Waals surface area contributed by atoms with Crippen LogP contribution in [-0.2, 0) is 16.1 Å². The van der Waals surface area contributed by atoms with Gasteiger partial charge in [-0.2, -0.15) is 0 Å². The lowest BCUT2D eigenvalue weighted by Gasteiger charge is -2.37. The smallest absolute Gasteiger partial charge is 0.228 e. The molecule has 4 rings (SSSR count). The maximum Gasteiger partial charge on any atom is 0.228 e. The van der Waals surface area contributed by atoms with E-state index in [-0.39, 0.29) is 17.7 Å². The highest BCUT2D eigenvalue weighted by Gasteiger charge is 2.37. The first-order chi connectivity index (χ1) is 15.0. The number of piperazine rings is 1. The highest BCUT2D eigenvalue weighted by molar-refractivity contribution is 5.89. The Morgan fingerprint density at radius 1 is 1.03 bits per heavy atom. The summed E-state index contributed by atoms with van der Waals surface area (Å²) in [4.78, 5) is 31.6. The van der Waals surface area contributed by atoms with Crippen LogP contribution in [-0.4, -0.2) is 60.9 Å². The van der Waals surface area contributed by atoms with Crippen LogP contribution in [0.15, 0.2) is 48.5 Å². The molecule has 0 bridgehead atoms. The number of carbonyl (C=O) groups excluding carboxylic acids is 2. The Morgan fingerprint density at radius 2 is 1.74 bits per heavy atom. The molecule has 164 valence electrons. The number of hydrogen-bond acceptors (Lipinski definition) is 4. The van der Waals surface area contributed by atoms with Crippen LogP contribution in [0, 0.1) is 12.8 Å². The monoisotopic (exact) mass is 421 g/mol. The lowest BCUT2D eigenvalue weighted by atomic mass is 10.1. The van der Waals surface area contributed by atoms with Gasteiger partial charge in [-0.3, -0.25) is 9.59 Å². The van der Waals surface area contributed by atoms with Gasteiger partial charge >= 0.3 is 0 Å². The number of rotatable bonds is 6. The first-order valence-electron chi connectivity index (χ1n) is 11.1. The van der Waals surface area contributed by atoms with Gasteiger partial charge in [-0.15, -0.1) is 0 Å². The predicted molar refractivity (Wildman–Crippen MR) is 121 cm³/mol. The summed E-state index contributed by atoms with van der Waals surface area (Å²) in [6.45, 7) is 8.62. The van der Waals surface area contributed by atoms with E-state index in [1.807, 2.05) is 34.9 Å². The SMILES string of the molecule is CCOc1ccccc1N1CCN(C(=O)[C@@H]2CC(=O)N(Cc3ccc(C)cc3)C2)CC1. The third-order valence-electron chi connectivity index (χ3n) is 6.15. The molecule has 2 aliphatic rings.